The number of fused-ring (bicyclic) bond motifs is 1. The highest BCUT2D eigenvalue weighted by Crippen LogP contribution is 2.44. The van der Waals surface area contributed by atoms with Crippen molar-refractivity contribution in [3.05, 3.63) is 185 Å². The van der Waals surface area contributed by atoms with Crippen molar-refractivity contribution in [1.82, 2.24) is 0 Å². The SMILES string of the molecule is O[C@H]1[13CH2]c2c(OCc3ccccc3)cc(OCc3ccccc3)cc2O[13C@@H]1c1ccc(OCc2ccccc2)c(OCc2ccccc2)c1. The maximum absolute atomic E-state index is 11.5. The molecule has 1 heterocycles. The molecule has 1 aliphatic rings. The topological polar surface area (TPSA) is 66.4 Å². The molecule has 0 fully saturated rings. The molecule has 6 nitrogen and oxygen atoms in total. The summed E-state index contributed by atoms with van der Waals surface area (Å²) < 4.78 is 31.7. The molecule has 0 amide bonds. The molecule has 0 radical (unpaired) electrons. The molecule has 49 heavy (non-hydrogen) atoms. The summed E-state index contributed by atoms with van der Waals surface area (Å²) in [5.41, 5.74) is 5.76. The van der Waals surface area contributed by atoms with Crippen LogP contribution < -0.4 is 23.7 Å². The van der Waals surface area contributed by atoms with Crippen LogP contribution in [-0.2, 0) is 32.8 Å². The fraction of sp³-hybridized carbons (Fsp3) is 0.163. The minimum atomic E-state index is -0.833. The number of hydrogen-bond donors (Lipinski definition) is 1. The van der Waals surface area contributed by atoms with Gasteiger partial charge in [0.05, 0.1) is 6.10 Å². The second-order valence-electron chi connectivity index (χ2n) is 12.0. The van der Waals surface area contributed by atoms with Gasteiger partial charge in [-0.05, 0) is 39.9 Å². The number of ether oxygens (including phenoxy) is 5. The van der Waals surface area contributed by atoms with Crippen LogP contribution in [0, 0.1) is 0 Å². The van der Waals surface area contributed by atoms with Crippen molar-refractivity contribution in [2.45, 2.75) is 45.1 Å². The largest absolute Gasteiger partial charge is 0.489 e. The first kappa shape index (κ1) is 31.9. The van der Waals surface area contributed by atoms with Crippen LogP contribution in [0.5, 0.6) is 28.7 Å². The summed E-state index contributed by atoms with van der Waals surface area (Å²) >= 11 is 0. The Morgan fingerprint density at radius 3 is 1.49 bits per heavy atom. The molecule has 0 unspecified atom stereocenters. The van der Waals surface area contributed by atoms with Crippen LogP contribution in [0.1, 0.15) is 39.5 Å². The smallest absolute Gasteiger partial charge is 0.162 e. The summed E-state index contributed by atoms with van der Waals surface area (Å²) in [5, 5.41) is 11.5. The number of benzene rings is 6. The predicted molar refractivity (Wildman–Crippen MR) is 189 cm³/mol. The second kappa shape index (κ2) is 15.5. The lowest BCUT2D eigenvalue weighted by molar-refractivity contribution is 0.0192. The van der Waals surface area contributed by atoms with E-state index in [1.165, 1.54) is 0 Å². The zero-order valence-electron chi connectivity index (χ0n) is 27.1. The van der Waals surface area contributed by atoms with Crippen molar-refractivity contribution in [1.29, 1.82) is 0 Å². The van der Waals surface area contributed by atoms with Crippen molar-refractivity contribution in [2.24, 2.45) is 0 Å². The third kappa shape index (κ3) is 8.23. The highest BCUT2D eigenvalue weighted by Gasteiger charge is 2.33. The molecule has 0 aliphatic carbocycles. The van der Waals surface area contributed by atoms with Gasteiger partial charge in [-0.1, -0.05) is 127 Å². The molecule has 6 aromatic carbocycles. The van der Waals surface area contributed by atoms with E-state index in [1.54, 1.807) is 0 Å². The fourth-order valence-electron chi connectivity index (χ4n) is 5.82. The minimum absolute atomic E-state index is 0.343. The Morgan fingerprint density at radius 1 is 0.490 bits per heavy atom. The average Bonchev–Trinajstić information content (AvgIpc) is 3.16. The highest BCUT2D eigenvalue weighted by molar-refractivity contribution is 5.53. The summed E-state index contributed by atoms with van der Waals surface area (Å²) in [6, 6.07) is 49.5. The Morgan fingerprint density at radius 2 is 0.959 bits per heavy atom. The van der Waals surface area contributed by atoms with Crippen LogP contribution in [0.2, 0.25) is 0 Å². The van der Waals surface area contributed by atoms with E-state index in [0.717, 1.165) is 33.4 Å². The van der Waals surface area contributed by atoms with Crippen molar-refractivity contribution >= 4 is 0 Å². The molecule has 6 heteroatoms. The zero-order chi connectivity index (χ0) is 33.3. The lowest BCUT2D eigenvalue weighted by Crippen LogP contribution is -2.30. The van der Waals surface area contributed by atoms with Gasteiger partial charge >= 0.3 is 0 Å². The Kier molecular flexibility index (Phi) is 10.0. The number of rotatable bonds is 13. The fourth-order valence-corrected chi connectivity index (χ4v) is 5.82. The molecule has 0 aromatic heterocycles. The molecule has 1 N–H and O–H groups in total. The maximum atomic E-state index is 11.5. The average molecular weight is 653 g/mol. The van der Waals surface area contributed by atoms with Crippen molar-refractivity contribution in [3.63, 3.8) is 0 Å². The summed E-state index contributed by atoms with van der Waals surface area (Å²) in [6.07, 6.45) is -1.14. The Bertz CT molecular complexity index is 1930. The monoisotopic (exact) mass is 652 g/mol. The van der Waals surface area contributed by atoms with E-state index in [0.29, 0.717) is 61.6 Å². The lowest BCUT2D eigenvalue weighted by atomic mass is 10.1. The van der Waals surface area contributed by atoms with Gasteiger partial charge in [-0.15, -0.1) is 0 Å². The third-order valence-electron chi connectivity index (χ3n) is 8.41. The van der Waals surface area contributed by atoms with E-state index in [2.05, 4.69) is 0 Å². The van der Waals surface area contributed by atoms with E-state index >= 15 is 0 Å². The second-order valence-corrected chi connectivity index (χ2v) is 12.0. The van der Waals surface area contributed by atoms with Gasteiger partial charge in [0.1, 0.15) is 49.8 Å². The molecular weight excluding hydrogens is 614 g/mol. The van der Waals surface area contributed by atoms with Crippen LogP contribution >= 0.6 is 0 Å². The molecule has 0 bridgehead atoms. The summed E-state index contributed by atoms with van der Waals surface area (Å²) in [4.78, 5) is 0. The number of hydrogen-bond acceptors (Lipinski definition) is 6. The van der Waals surface area contributed by atoms with Crippen LogP contribution in [0.4, 0.5) is 0 Å². The standard InChI is InChI=1S/C43H38O6/c44-38-26-37-40(47-29-33-17-9-3-10-18-33)24-36(45-27-31-13-5-1-6-14-31)25-41(37)49-43(38)35-21-22-39(46-28-32-15-7-2-8-16-32)42(23-35)48-30-34-19-11-4-12-20-34/h1-25,38,43-44H,26-30H2/t38-,43+/m0/s1/i26+1,43+1. The van der Waals surface area contributed by atoms with Gasteiger partial charge in [0.15, 0.2) is 11.5 Å². The van der Waals surface area contributed by atoms with Gasteiger partial charge in [-0.2, -0.15) is 0 Å². The van der Waals surface area contributed by atoms with Crippen molar-refractivity contribution < 1.29 is 28.8 Å². The van der Waals surface area contributed by atoms with Gasteiger partial charge in [0.2, 0.25) is 0 Å². The van der Waals surface area contributed by atoms with Gasteiger partial charge in [0.25, 0.3) is 0 Å². The molecule has 0 spiro atoms. The van der Waals surface area contributed by atoms with E-state index < -0.39 is 12.2 Å². The predicted octanol–water partition coefficient (Wildman–Crippen LogP) is 9.04. The summed E-state index contributed by atoms with van der Waals surface area (Å²) in [6.45, 7) is 1.54. The summed E-state index contributed by atoms with van der Waals surface area (Å²) in [5.74, 6) is 3.05. The van der Waals surface area contributed by atoms with Crippen LogP contribution in [0.25, 0.3) is 0 Å². The molecule has 0 saturated heterocycles. The number of aliphatic hydroxyl groups excluding tert-OH is 1. The van der Waals surface area contributed by atoms with Gasteiger partial charge in [0, 0.05) is 24.1 Å². The zero-order valence-corrected chi connectivity index (χ0v) is 27.1. The number of aliphatic hydroxyl groups is 1. The van der Waals surface area contributed by atoms with E-state index in [9.17, 15) is 5.11 Å². The quantitative estimate of drug-likeness (QED) is 0.126. The van der Waals surface area contributed by atoms with Crippen molar-refractivity contribution in [2.75, 3.05) is 0 Å². The molecule has 246 valence electrons. The highest BCUT2D eigenvalue weighted by atomic mass is 16.6. The van der Waals surface area contributed by atoms with E-state index in [1.807, 2.05) is 152 Å². The molecule has 7 rings (SSSR count). The van der Waals surface area contributed by atoms with E-state index in [4.69, 9.17) is 23.7 Å². The lowest BCUT2D eigenvalue weighted by Gasteiger charge is -2.32. The normalized spacial score (nSPS) is 15.0. The van der Waals surface area contributed by atoms with Gasteiger partial charge in [-0.25, -0.2) is 0 Å². The van der Waals surface area contributed by atoms with Gasteiger partial charge in [-0.3, -0.25) is 0 Å². The third-order valence-corrected chi connectivity index (χ3v) is 8.41. The molecule has 1 aliphatic heterocycles. The minimum Gasteiger partial charge on any atom is -0.489 e. The Balaban J connectivity index is 1.16. The molecule has 0 saturated carbocycles. The van der Waals surface area contributed by atoms with Crippen LogP contribution in [0.15, 0.2) is 152 Å². The summed E-state index contributed by atoms with van der Waals surface area (Å²) in [7, 11) is 0. The molecular formula is C43H38O6. The molecule has 6 aromatic rings. The first-order valence-electron chi connectivity index (χ1n) is 16.5. The van der Waals surface area contributed by atoms with E-state index in [-0.39, 0.29) is 0 Å². The van der Waals surface area contributed by atoms with Gasteiger partial charge < -0.3 is 28.8 Å². The first-order valence-corrected chi connectivity index (χ1v) is 16.5. The molecule has 2 atom stereocenters. The Hall–Kier alpha value is -5.72. The Labute approximate surface area is 287 Å². The van der Waals surface area contributed by atoms with Crippen LogP contribution in [-0.4, -0.2) is 11.2 Å². The van der Waals surface area contributed by atoms with Crippen molar-refractivity contribution in [3.8, 4) is 28.7 Å². The van der Waals surface area contributed by atoms with Crippen LogP contribution in [0.3, 0.4) is 0 Å². The first-order chi connectivity index (χ1) is 24.2. The maximum Gasteiger partial charge on any atom is 0.162 e.